The summed E-state index contributed by atoms with van der Waals surface area (Å²) in [5.74, 6) is 1.81. The molecule has 1 fully saturated rings. The minimum absolute atomic E-state index is 0.0656. The fourth-order valence-corrected chi connectivity index (χ4v) is 2.87. The number of carbonyl (C=O) groups is 1. The second-order valence-corrected chi connectivity index (χ2v) is 6.33. The van der Waals surface area contributed by atoms with Crippen molar-refractivity contribution in [2.24, 2.45) is 0 Å². The number of nitrogens with one attached hydrogen (secondary N) is 1. The van der Waals surface area contributed by atoms with Crippen molar-refractivity contribution in [3.63, 3.8) is 0 Å². The predicted molar refractivity (Wildman–Crippen MR) is 97.5 cm³/mol. The van der Waals surface area contributed by atoms with E-state index >= 15 is 0 Å². The number of urea groups is 1. The smallest absolute Gasteiger partial charge is 0.322 e. The second kappa shape index (κ2) is 9.47. The van der Waals surface area contributed by atoms with E-state index < -0.39 is 0 Å². The molecule has 0 saturated carbocycles. The van der Waals surface area contributed by atoms with Crippen molar-refractivity contribution in [3.8, 4) is 5.75 Å². The van der Waals surface area contributed by atoms with Gasteiger partial charge >= 0.3 is 6.03 Å². The fourth-order valence-electron chi connectivity index (χ4n) is 2.43. The van der Waals surface area contributed by atoms with Crippen LogP contribution >= 0.6 is 11.8 Å². The molecule has 23 heavy (non-hydrogen) atoms. The Morgan fingerprint density at radius 1 is 1.35 bits per heavy atom. The van der Waals surface area contributed by atoms with E-state index in [2.05, 4.69) is 23.1 Å². The van der Waals surface area contributed by atoms with Crippen LogP contribution in [0.2, 0.25) is 0 Å². The number of ether oxygens (including phenoxy) is 1. The van der Waals surface area contributed by atoms with E-state index in [-0.39, 0.29) is 6.03 Å². The Morgan fingerprint density at radius 2 is 2.09 bits per heavy atom. The summed E-state index contributed by atoms with van der Waals surface area (Å²) in [6, 6.07) is 7.41. The number of hydrogen-bond acceptors (Lipinski definition) is 4. The van der Waals surface area contributed by atoms with Crippen molar-refractivity contribution in [3.05, 3.63) is 36.9 Å². The number of amides is 2. The Bertz CT molecular complexity index is 516. The van der Waals surface area contributed by atoms with Crippen molar-refractivity contribution >= 4 is 23.5 Å². The number of para-hydroxylation sites is 2. The van der Waals surface area contributed by atoms with Gasteiger partial charge in [0.05, 0.1) is 5.69 Å². The van der Waals surface area contributed by atoms with Crippen LogP contribution < -0.4 is 10.1 Å². The number of thioether (sulfide) groups is 1. The van der Waals surface area contributed by atoms with Gasteiger partial charge in [0.15, 0.2) is 0 Å². The number of rotatable bonds is 7. The second-order valence-electron chi connectivity index (χ2n) is 5.35. The molecule has 1 heterocycles. The summed E-state index contributed by atoms with van der Waals surface area (Å²) in [5, 5.41) is 2.95. The highest BCUT2D eigenvalue weighted by Gasteiger charge is 2.21. The van der Waals surface area contributed by atoms with Crippen LogP contribution in [0.4, 0.5) is 10.5 Å². The molecule has 6 heteroatoms. The van der Waals surface area contributed by atoms with Gasteiger partial charge in [0.2, 0.25) is 0 Å². The van der Waals surface area contributed by atoms with Crippen LogP contribution in [0.15, 0.2) is 36.9 Å². The summed E-state index contributed by atoms with van der Waals surface area (Å²) >= 11 is 1.86. The van der Waals surface area contributed by atoms with Gasteiger partial charge in [-0.2, -0.15) is 11.8 Å². The SMILES string of the molecule is C=CCOc1ccccc1NC(=O)N1CCN(CCSC)CC1. The Balaban J connectivity index is 1.87. The molecule has 2 amide bonds. The molecule has 0 bridgehead atoms. The van der Waals surface area contributed by atoms with Crippen LogP contribution in [0.1, 0.15) is 0 Å². The average molecular weight is 335 g/mol. The lowest BCUT2D eigenvalue weighted by molar-refractivity contribution is 0.152. The first-order valence-electron chi connectivity index (χ1n) is 7.84. The molecular weight excluding hydrogens is 310 g/mol. The molecule has 1 N–H and O–H groups in total. The molecule has 1 aromatic carbocycles. The predicted octanol–water partition coefficient (Wildman–Crippen LogP) is 2.76. The molecule has 2 rings (SSSR count). The molecule has 1 aliphatic rings. The minimum atomic E-state index is -0.0656. The van der Waals surface area contributed by atoms with E-state index in [1.165, 1.54) is 0 Å². The number of nitrogens with zero attached hydrogens (tertiary/aromatic N) is 2. The lowest BCUT2D eigenvalue weighted by Gasteiger charge is -2.34. The van der Waals surface area contributed by atoms with Crippen molar-refractivity contribution in [1.82, 2.24) is 9.80 Å². The fraction of sp³-hybridized carbons (Fsp3) is 0.471. The van der Waals surface area contributed by atoms with Gasteiger partial charge in [-0.3, -0.25) is 4.90 Å². The van der Waals surface area contributed by atoms with Gasteiger partial charge in [-0.05, 0) is 18.4 Å². The zero-order valence-corrected chi connectivity index (χ0v) is 14.5. The molecule has 126 valence electrons. The lowest BCUT2D eigenvalue weighted by atomic mass is 10.3. The van der Waals surface area contributed by atoms with Gasteiger partial charge in [-0.15, -0.1) is 0 Å². The maximum Gasteiger partial charge on any atom is 0.322 e. The summed E-state index contributed by atoms with van der Waals surface area (Å²) in [7, 11) is 0. The summed E-state index contributed by atoms with van der Waals surface area (Å²) in [6.45, 7) is 8.54. The summed E-state index contributed by atoms with van der Waals surface area (Å²) in [5.41, 5.74) is 0.698. The topological polar surface area (TPSA) is 44.8 Å². The van der Waals surface area contributed by atoms with Crippen molar-refractivity contribution < 1.29 is 9.53 Å². The molecule has 0 spiro atoms. The van der Waals surface area contributed by atoms with Crippen molar-refractivity contribution in [2.45, 2.75) is 0 Å². The number of anilines is 1. The summed E-state index contributed by atoms with van der Waals surface area (Å²) < 4.78 is 5.57. The number of hydrogen-bond donors (Lipinski definition) is 1. The molecule has 1 saturated heterocycles. The molecular formula is C17H25N3O2S. The molecule has 0 unspecified atom stereocenters. The Labute approximate surface area is 142 Å². The van der Waals surface area contributed by atoms with E-state index in [0.29, 0.717) is 18.0 Å². The highest BCUT2D eigenvalue weighted by atomic mass is 32.2. The monoisotopic (exact) mass is 335 g/mol. The maximum absolute atomic E-state index is 12.4. The molecule has 1 aliphatic heterocycles. The molecule has 0 radical (unpaired) electrons. The van der Waals surface area contributed by atoms with Crippen molar-refractivity contribution in [1.29, 1.82) is 0 Å². The van der Waals surface area contributed by atoms with Gasteiger partial charge in [0.25, 0.3) is 0 Å². The van der Waals surface area contributed by atoms with Gasteiger partial charge in [-0.25, -0.2) is 4.79 Å². The zero-order chi connectivity index (χ0) is 16.5. The van der Waals surface area contributed by atoms with E-state index in [4.69, 9.17) is 4.74 Å². The quantitative estimate of drug-likeness (QED) is 0.778. The summed E-state index contributed by atoms with van der Waals surface area (Å²) in [4.78, 5) is 16.7. The zero-order valence-electron chi connectivity index (χ0n) is 13.7. The van der Waals surface area contributed by atoms with Gasteiger partial charge < -0.3 is 15.0 Å². The van der Waals surface area contributed by atoms with Gasteiger partial charge in [0.1, 0.15) is 12.4 Å². The first-order valence-corrected chi connectivity index (χ1v) is 9.24. The van der Waals surface area contributed by atoms with Crippen LogP contribution in [0.5, 0.6) is 5.75 Å². The van der Waals surface area contributed by atoms with Crippen molar-refractivity contribution in [2.75, 3.05) is 56.7 Å². The van der Waals surface area contributed by atoms with E-state index in [1.54, 1.807) is 6.08 Å². The van der Waals surface area contributed by atoms with Gasteiger partial charge in [-0.1, -0.05) is 24.8 Å². The van der Waals surface area contributed by atoms with E-state index in [0.717, 1.165) is 38.5 Å². The Hall–Kier alpha value is -1.66. The highest BCUT2D eigenvalue weighted by Crippen LogP contribution is 2.24. The first-order chi connectivity index (χ1) is 11.2. The molecule has 0 aliphatic carbocycles. The van der Waals surface area contributed by atoms with Crippen LogP contribution in [-0.2, 0) is 0 Å². The number of carbonyl (C=O) groups excluding carboxylic acids is 1. The summed E-state index contributed by atoms with van der Waals surface area (Å²) in [6.07, 6.45) is 3.81. The van der Waals surface area contributed by atoms with Crippen LogP contribution in [0, 0.1) is 0 Å². The number of benzene rings is 1. The Kier molecular flexibility index (Phi) is 7.29. The highest BCUT2D eigenvalue weighted by molar-refractivity contribution is 7.98. The average Bonchev–Trinajstić information content (AvgIpc) is 2.59. The molecule has 0 aromatic heterocycles. The lowest BCUT2D eigenvalue weighted by Crippen LogP contribution is -2.50. The first kappa shape index (κ1) is 17.7. The molecule has 5 nitrogen and oxygen atoms in total. The van der Waals surface area contributed by atoms with Gasteiger partial charge in [0, 0.05) is 38.5 Å². The number of piperazine rings is 1. The van der Waals surface area contributed by atoms with Crippen LogP contribution in [0.3, 0.4) is 0 Å². The standard InChI is InChI=1S/C17H25N3O2S/c1-3-13-22-16-7-5-4-6-15(16)18-17(21)20-10-8-19(9-11-20)12-14-23-2/h3-7H,1,8-14H2,2H3,(H,18,21). The maximum atomic E-state index is 12.4. The van der Waals surface area contributed by atoms with E-state index in [9.17, 15) is 4.79 Å². The van der Waals surface area contributed by atoms with E-state index in [1.807, 2.05) is 40.9 Å². The Morgan fingerprint density at radius 3 is 2.78 bits per heavy atom. The minimum Gasteiger partial charge on any atom is -0.487 e. The third kappa shape index (κ3) is 5.48. The van der Waals surface area contributed by atoms with Crippen LogP contribution in [-0.4, -0.2) is 67.2 Å². The third-order valence-electron chi connectivity index (χ3n) is 3.76. The van der Waals surface area contributed by atoms with Crippen LogP contribution in [0.25, 0.3) is 0 Å². The molecule has 1 aromatic rings. The normalized spacial score (nSPS) is 15.3. The largest absolute Gasteiger partial charge is 0.487 e. The molecule has 0 atom stereocenters. The third-order valence-corrected chi connectivity index (χ3v) is 4.35.